The molecule has 1 saturated heterocycles. The van der Waals surface area contributed by atoms with Crippen LogP contribution in [0.5, 0.6) is 5.75 Å². The summed E-state index contributed by atoms with van der Waals surface area (Å²) in [6, 6.07) is 6.17. The van der Waals surface area contributed by atoms with Crippen molar-refractivity contribution >= 4 is 22.4 Å². The highest BCUT2D eigenvalue weighted by atomic mass is 32.1. The molecular formula is C18H25N5OS. The van der Waals surface area contributed by atoms with E-state index in [4.69, 9.17) is 10.5 Å². The van der Waals surface area contributed by atoms with Crippen molar-refractivity contribution in [3.8, 4) is 5.75 Å². The fourth-order valence-corrected chi connectivity index (χ4v) is 3.60. The molecule has 1 aromatic heterocycles. The van der Waals surface area contributed by atoms with Gasteiger partial charge in [-0.3, -0.25) is 0 Å². The molecule has 0 atom stereocenters. The first kappa shape index (κ1) is 17.5. The van der Waals surface area contributed by atoms with E-state index in [0.717, 1.165) is 48.2 Å². The van der Waals surface area contributed by atoms with Gasteiger partial charge in [0.05, 0.1) is 13.2 Å². The molecule has 0 aliphatic carbocycles. The molecule has 0 unspecified atom stereocenters. The first-order chi connectivity index (χ1) is 12.2. The maximum Gasteiger partial charge on any atom is 0.191 e. The predicted molar refractivity (Wildman–Crippen MR) is 104 cm³/mol. The highest BCUT2D eigenvalue weighted by Gasteiger charge is 2.19. The lowest BCUT2D eigenvalue weighted by Crippen LogP contribution is -2.51. The number of rotatable bonds is 5. The van der Waals surface area contributed by atoms with E-state index in [1.807, 2.05) is 24.6 Å². The van der Waals surface area contributed by atoms with E-state index in [-0.39, 0.29) is 0 Å². The number of thiazole rings is 1. The van der Waals surface area contributed by atoms with Crippen LogP contribution in [0.2, 0.25) is 0 Å². The minimum Gasteiger partial charge on any atom is -0.494 e. The number of nitrogens with two attached hydrogens (primary N) is 1. The van der Waals surface area contributed by atoms with Gasteiger partial charge in [0.25, 0.3) is 0 Å². The fraction of sp³-hybridized carbons (Fsp3) is 0.444. The highest BCUT2D eigenvalue weighted by molar-refractivity contribution is 7.13. The van der Waals surface area contributed by atoms with Gasteiger partial charge in [0.2, 0.25) is 0 Å². The molecule has 134 valence electrons. The lowest BCUT2D eigenvalue weighted by Gasteiger charge is -2.35. The van der Waals surface area contributed by atoms with Crippen molar-refractivity contribution < 1.29 is 4.74 Å². The molecule has 1 aliphatic rings. The number of nitrogens with zero attached hydrogens (tertiary/aromatic N) is 4. The van der Waals surface area contributed by atoms with E-state index < -0.39 is 0 Å². The number of hydrogen-bond donors (Lipinski definition) is 1. The highest BCUT2D eigenvalue weighted by Crippen LogP contribution is 2.20. The van der Waals surface area contributed by atoms with Gasteiger partial charge in [0.1, 0.15) is 5.75 Å². The lowest BCUT2D eigenvalue weighted by molar-refractivity contribution is 0.338. The van der Waals surface area contributed by atoms with Gasteiger partial charge >= 0.3 is 0 Å². The molecule has 2 aromatic rings. The van der Waals surface area contributed by atoms with Crippen LogP contribution < -0.4 is 15.4 Å². The summed E-state index contributed by atoms with van der Waals surface area (Å²) in [6.45, 7) is 8.91. The van der Waals surface area contributed by atoms with Gasteiger partial charge in [-0.25, -0.2) is 9.98 Å². The molecule has 7 heteroatoms. The molecular weight excluding hydrogens is 334 g/mol. The van der Waals surface area contributed by atoms with Crippen LogP contribution in [0, 0.1) is 6.92 Å². The molecule has 1 fully saturated rings. The zero-order valence-corrected chi connectivity index (χ0v) is 15.6. The van der Waals surface area contributed by atoms with Crippen LogP contribution in [0.3, 0.4) is 0 Å². The van der Waals surface area contributed by atoms with Crippen LogP contribution in [0.15, 0.2) is 34.8 Å². The minimum atomic E-state index is 0.589. The number of aromatic nitrogens is 1. The van der Waals surface area contributed by atoms with Crippen molar-refractivity contribution in [2.24, 2.45) is 10.7 Å². The van der Waals surface area contributed by atoms with Gasteiger partial charge < -0.3 is 20.3 Å². The molecule has 2 N–H and O–H groups in total. The standard InChI is InChI=1S/C18H25N5OS/c1-3-24-16-5-4-15(12-14(16)2)13-21-17(19)22-7-9-23(10-8-22)18-20-6-11-25-18/h4-6,11-12H,3,7-10,13H2,1-2H3,(H2,19,21). The number of ether oxygens (including phenoxy) is 1. The number of piperazine rings is 1. The second-order valence-corrected chi connectivity index (χ2v) is 6.87. The number of benzene rings is 1. The second kappa shape index (κ2) is 8.20. The summed E-state index contributed by atoms with van der Waals surface area (Å²) < 4.78 is 5.58. The Balaban J connectivity index is 1.55. The molecule has 0 saturated carbocycles. The molecule has 2 heterocycles. The predicted octanol–water partition coefficient (Wildman–Crippen LogP) is 2.49. The monoisotopic (exact) mass is 359 g/mol. The van der Waals surface area contributed by atoms with Gasteiger partial charge in [-0.05, 0) is 31.0 Å². The maximum atomic E-state index is 6.20. The Labute approximate surface area is 152 Å². The Hall–Kier alpha value is -2.28. The second-order valence-electron chi connectivity index (χ2n) is 6.00. The van der Waals surface area contributed by atoms with Crippen LogP contribution in [-0.4, -0.2) is 48.6 Å². The Morgan fingerprint density at radius 2 is 2.12 bits per heavy atom. The SMILES string of the molecule is CCOc1ccc(CN=C(N)N2CCN(c3nccs3)CC2)cc1C. The van der Waals surface area contributed by atoms with Crippen molar-refractivity contribution in [1.82, 2.24) is 9.88 Å². The van der Waals surface area contributed by atoms with E-state index >= 15 is 0 Å². The normalized spacial score (nSPS) is 15.5. The maximum absolute atomic E-state index is 6.20. The third-order valence-electron chi connectivity index (χ3n) is 4.26. The summed E-state index contributed by atoms with van der Waals surface area (Å²) in [6.07, 6.45) is 1.85. The molecule has 0 amide bonds. The van der Waals surface area contributed by atoms with E-state index in [0.29, 0.717) is 19.1 Å². The van der Waals surface area contributed by atoms with Crippen LogP contribution in [0.1, 0.15) is 18.1 Å². The first-order valence-corrected chi connectivity index (χ1v) is 9.47. The van der Waals surface area contributed by atoms with Gasteiger partial charge in [-0.15, -0.1) is 11.3 Å². The largest absolute Gasteiger partial charge is 0.494 e. The Bertz CT molecular complexity index is 708. The third kappa shape index (κ3) is 4.42. The quantitative estimate of drug-likeness (QED) is 0.656. The smallest absolute Gasteiger partial charge is 0.191 e. The molecule has 3 rings (SSSR count). The van der Waals surface area contributed by atoms with Crippen molar-refractivity contribution in [2.75, 3.05) is 37.7 Å². The van der Waals surface area contributed by atoms with Gasteiger partial charge in [-0.2, -0.15) is 0 Å². The third-order valence-corrected chi connectivity index (χ3v) is 5.09. The summed E-state index contributed by atoms with van der Waals surface area (Å²) in [5.74, 6) is 1.55. The van der Waals surface area contributed by atoms with E-state index in [1.165, 1.54) is 0 Å². The lowest BCUT2D eigenvalue weighted by atomic mass is 10.1. The van der Waals surface area contributed by atoms with Crippen LogP contribution >= 0.6 is 11.3 Å². The van der Waals surface area contributed by atoms with Crippen molar-refractivity contribution in [3.05, 3.63) is 40.9 Å². The van der Waals surface area contributed by atoms with Gasteiger partial charge in [0.15, 0.2) is 11.1 Å². The van der Waals surface area contributed by atoms with Crippen molar-refractivity contribution in [1.29, 1.82) is 0 Å². The summed E-state index contributed by atoms with van der Waals surface area (Å²) in [7, 11) is 0. The van der Waals surface area contributed by atoms with E-state index in [1.54, 1.807) is 11.3 Å². The summed E-state index contributed by atoms with van der Waals surface area (Å²) in [4.78, 5) is 13.4. The zero-order valence-electron chi connectivity index (χ0n) is 14.8. The molecule has 0 spiro atoms. The number of aryl methyl sites for hydroxylation is 1. The minimum absolute atomic E-state index is 0.589. The number of aliphatic imine (C=N–C) groups is 1. The Kier molecular flexibility index (Phi) is 5.75. The van der Waals surface area contributed by atoms with Gasteiger partial charge in [-0.1, -0.05) is 12.1 Å². The summed E-state index contributed by atoms with van der Waals surface area (Å²) >= 11 is 1.68. The van der Waals surface area contributed by atoms with Crippen LogP contribution in [-0.2, 0) is 6.54 Å². The molecule has 1 aliphatic heterocycles. The number of hydrogen-bond acceptors (Lipinski definition) is 5. The molecule has 0 radical (unpaired) electrons. The first-order valence-electron chi connectivity index (χ1n) is 8.59. The molecule has 0 bridgehead atoms. The number of anilines is 1. The molecule has 1 aromatic carbocycles. The fourth-order valence-electron chi connectivity index (χ4n) is 2.90. The average Bonchev–Trinajstić information content (AvgIpc) is 3.17. The van der Waals surface area contributed by atoms with Crippen LogP contribution in [0.25, 0.3) is 0 Å². The Morgan fingerprint density at radius 3 is 2.76 bits per heavy atom. The van der Waals surface area contributed by atoms with Crippen LogP contribution in [0.4, 0.5) is 5.13 Å². The number of guanidine groups is 1. The van der Waals surface area contributed by atoms with E-state index in [9.17, 15) is 0 Å². The average molecular weight is 359 g/mol. The topological polar surface area (TPSA) is 67.0 Å². The molecule has 6 nitrogen and oxygen atoms in total. The van der Waals surface area contributed by atoms with E-state index in [2.05, 4.69) is 38.8 Å². The summed E-state index contributed by atoms with van der Waals surface area (Å²) in [5, 5.41) is 3.09. The summed E-state index contributed by atoms with van der Waals surface area (Å²) in [5.41, 5.74) is 8.47. The Morgan fingerprint density at radius 1 is 1.32 bits per heavy atom. The van der Waals surface area contributed by atoms with Gasteiger partial charge in [0, 0.05) is 37.8 Å². The van der Waals surface area contributed by atoms with Crippen molar-refractivity contribution in [2.45, 2.75) is 20.4 Å². The zero-order chi connectivity index (χ0) is 17.6. The van der Waals surface area contributed by atoms with Crippen molar-refractivity contribution in [3.63, 3.8) is 0 Å². The molecule has 25 heavy (non-hydrogen) atoms.